The maximum atomic E-state index is 4.98. The standard InChI is InChI=1S/C44H44N6S/c1-7-44(8-2)39-25-34(17-21-37(39)38-22-18-35(26-40(38)44)43-45-41-11-9-10-12-42(41)51-43)14-13-33-15-19-36(20-16-33)48(27-49-31(5)23-29(3)46-49)28-50-32(6)24-30(4)47-50/h9-26H,7-8,27-28H2,1-6H3/b14-13+. The summed E-state index contributed by atoms with van der Waals surface area (Å²) in [5.41, 5.74) is 15.7. The van der Waals surface area contributed by atoms with Gasteiger partial charge in [0.2, 0.25) is 0 Å². The molecule has 0 saturated carbocycles. The van der Waals surface area contributed by atoms with Crippen LogP contribution in [0.2, 0.25) is 0 Å². The largest absolute Gasteiger partial charge is 0.332 e. The number of hydrogen-bond acceptors (Lipinski definition) is 5. The lowest BCUT2D eigenvalue weighted by atomic mass is 9.73. The average Bonchev–Trinajstić information content (AvgIpc) is 3.88. The third-order valence-electron chi connectivity index (χ3n) is 10.7. The highest BCUT2D eigenvalue weighted by molar-refractivity contribution is 7.21. The van der Waals surface area contributed by atoms with Crippen LogP contribution in [0.5, 0.6) is 0 Å². The monoisotopic (exact) mass is 688 g/mol. The molecule has 0 N–H and O–H groups in total. The molecule has 0 bridgehead atoms. The van der Waals surface area contributed by atoms with Crippen LogP contribution in [0.4, 0.5) is 5.69 Å². The van der Waals surface area contributed by atoms with Crippen LogP contribution >= 0.6 is 11.3 Å². The van der Waals surface area contributed by atoms with Gasteiger partial charge >= 0.3 is 0 Å². The highest BCUT2D eigenvalue weighted by Gasteiger charge is 2.40. The molecule has 1 aliphatic rings. The number of anilines is 1. The van der Waals surface area contributed by atoms with E-state index in [4.69, 9.17) is 15.2 Å². The molecule has 8 rings (SSSR count). The average molecular weight is 689 g/mol. The van der Waals surface area contributed by atoms with E-state index < -0.39 is 0 Å². The fourth-order valence-electron chi connectivity index (χ4n) is 7.91. The van der Waals surface area contributed by atoms with Crippen LogP contribution in [0.15, 0.2) is 97.1 Å². The molecule has 256 valence electrons. The quantitative estimate of drug-likeness (QED) is 0.134. The van der Waals surface area contributed by atoms with Crippen molar-refractivity contribution in [3.8, 4) is 21.7 Å². The summed E-state index contributed by atoms with van der Waals surface area (Å²) in [6.07, 6.45) is 6.58. The summed E-state index contributed by atoms with van der Waals surface area (Å²) in [6, 6.07) is 35.5. The number of rotatable bonds is 10. The van der Waals surface area contributed by atoms with E-state index in [1.54, 1.807) is 11.3 Å². The lowest BCUT2D eigenvalue weighted by molar-refractivity contribution is 0.484. The minimum absolute atomic E-state index is 0.0245. The third-order valence-corrected chi connectivity index (χ3v) is 11.8. The van der Waals surface area contributed by atoms with E-state index >= 15 is 0 Å². The zero-order valence-corrected chi connectivity index (χ0v) is 31.1. The van der Waals surface area contributed by atoms with E-state index in [1.807, 2.05) is 13.8 Å². The van der Waals surface area contributed by atoms with Crippen molar-refractivity contribution in [1.82, 2.24) is 24.5 Å². The molecule has 0 unspecified atom stereocenters. The molecule has 3 heterocycles. The first kappa shape index (κ1) is 32.9. The van der Waals surface area contributed by atoms with Gasteiger partial charge in [0.25, 0.3) is 0 Å². The summed E-state index contributed by atoms with van der Waals surface area (Å²) in [7, 11) is 0. The molecule has 0 amide bonds. The fraction of sp³-hybridized carbons (Fsp3) is 0.250. The molecule has 51 heavy (non-hydrogen) atoms. The molecular formula is C44H44N6S. The predicted octanol–water partition coefficient (Wildman–Crippen LogP) is 11.0. The lowest BCUT2D eigenvalue weighted by Crippen LogP contribution is -2.30. The van der Waals surface area contributed by atoms with E-state index in [1.165, 1.54) is 38.1 Å². The van der Waals surface area contributed by atoms with E-state index in [-0.39, 0.29) is 5.41 Å². The van der Waals surface area contributed by atoms with Gasteiger partial charge in [0.05, 0.1) is 21.6 Å². The predicted molar refractivity (Wildman–Crippen MR) is 213 cm³/mol. The van der Waals surface area contributed by atoms with E-state index in [0.717, 1.165) is 57.4 Å². The SMILES string of the molecule is CCC1(CC)c2cc(/C=C/c3ccc(N(Cn4nc(C)cc4C)Cn4nc(C)cc4C)cc3)ccc2-c2ccc(-c3nc4ccccc4s3)cc21. The van der Waals surface area contributed by atoms with Gasteiger partial charge in [0.15, 0.2) is 0 Å². The van der Waals surface area contributed by atoms with Gasteiger partial charge in [-0.15, -0.1) is 11.3 Å². The second kappa shape index (κ2) is 13.1. The van der Waals surface area contributed by atoms with E-state index in [0.29, 0.717) is 13.3 Å². The van der Waals surface area contributed by atoms with E-state index in [9.17, 15) is 0 Å². The van der Waals surface area contributed by atoms with Crippen molar-refractivity contribution in [2.75, 3.05) is 4.90 Å². The number of benzene rings is 4. The molecule has 4 aromatic carbocycles. The van der Waals surface area contributed by atoms with Crippen LogP contribution in [0.1, 0.15) is 71.7 Å². The van der Waals surface area contributed by atoms with Crippen LogP contribution in [0, 0.1) is 27.7 Å². The normalized spacial score (nSPS) is 13.3. The summed E-state index contributed by atoms with van der Waals surface area (Å²) in [5.74, 6) is 0. The number of thiazole rings is 1. The number of para-hydroxylation sites is 1. The molecule has 0 aliphatic heterocycles. The molecule has 0 radical (unpaired) electrons. The Hall–Kier alpha value is -5.27. The van der Waals surface area contributed by atoms with Crippen molar-refractivity contribution in [2.45, 2.75) is 73.1 Å². The second-order valence-corrected chi connectivity index (χ2v) is 15.0. The Morgan fingerprint density at radius 3 is 1.86 bits per heavy atom. The first-order valence-corrected chi connectivity index (χ1v) is 18.8. The number of fused-ring (bicyclic) bond motifs is 4. The van der Waals surface area contributed by atoms with Gasteiger partial charge in [0.1, 0.15) is 18.3 Å². The summed E-state index contributed by atoms with van der Waals surface area (Å²) in [5, 5.41) is 10.6. The molecular weight excluding hydrogens is 645 g/mol. The van der Waals surface area contributed by atoms with Gasteiger partial charge in [-0.05, 0) is 116 Å². The Labute approximate surface area is 304 Å². The number of aromatic nitrogens is 5. The first-order valence-electron chi connectivity index (χ1n) is 17.9. The minimum atomic E-state index is -0.0245. The van der Waals surface area contributed by atoms with Gasteiger partial charge in [-0.3, -0.25) is 0 Å². The van der Waals surface area contributed by atoms with Gasteiger partial charge < -0.3 is 4.90 Å². The number of aryl methyl sites for hydroxylation is 4. The molecule has 0 fully saturated rings. The van der Waals surface area contributed by atoms with Crippen molar-refractivity contribution < 1.29 is 0 Å². The lowest BCUT2D eigenvalue weighted by Gasteiger charge is -2.30. The summed E-state index contributed by atoms with van der Waals surface area (Å²) in [4.78, 5) is 7.31. The van der Waals surface area contributed by atoms with Gasteiger partial charge in [0, 0.05) is 28.1 Å². The highest BCUT2D eigenvalue weighted by atomic mass is 32.1. The van der Waals surface area contributed by atoms with Crippen molar-refractivity contribution in [3.63, 3.8) is 0 Å². The zero-order chi connectivity index (χ0) is 35.3. The second-order valence-electron chi connectivity index (χ2n) is 13.9. The fourth-order valence-corrected chi connectivity index (χ4v) is 8.88. The Morgan fingerprint density at radius 2 is 1.25 bits per heavy atom. The molecule has 7 aromatic rings. The van der Waals surface area contributed by atoms with Gasteiger partial charge in [-0.1, -0.05) is 80.6 Å². The number of nitrogens with zero attached hydrogens (tertiary/aromatic N) is 6. The Bertz CT molecular complexity index is 2320. The molecule has 7 heteroatoms. The Kier molecular flexibility index (Phi) is 8.47. The zero-order valence-electron chi connectivity index (χ0n) is 30.3. The van der Waals surface area contributed by atoms with E-state index in [2.05, 4.69) is 151 Å². The van der Waals surface area contributed by atoms with Crippen LogP contribution in [0.25, 0.3) is 44.1 Å². The topological polar surface area (TPSA) is 51.8 Å². The molecule has 0 atom stereocenters. The summed E-state index contributed by atoms with van der Waals surface area (Å²) in [6.45, 7) is 14.3. The minimum Gasteiger partial charge on any atom is -0.332 e. The van der Waals surface area contributed by atoms with Crippen molar-refractivity contribution in [3.05, 3.63) is 142 Å². The molecule has 0 spiro atoms. The van der Waals surface area contributed by atoms with Crippen molar-refractivity contribution in [1.29, 1.82) is 0 Å². The summed E-state index contributed by atoms with van der Waals surface area (Å²) >= 11 is 1.78. The smallest absolute Gasteiger partial charge is 0.124 e. The van der Waals surface area contributed by atoms with Gasteiger partial charge in [-0.2, -0.15) is 10.2 Å². The number of hydrogen-bond donors (Lipinski definition) is 0. The Morgan fingerprint density at radius 1 is 0.667 bits per heavy atom. The van der Waals surface area contributed by atoms with Crippen LogP contribution < -0.4 is 4.90 Å². The maximum Gasteiger partial charge on any atom is 0.124 e. The van der Waals surface area contributed by atoms with Crippen LogP contribution in [-0.2, 0) is 18.8 Å². The highest BCUT2D eigenvalue weighted by Crippen LogP contribution is 2.54. The summed E-state index contributed by atoms with van der Waals surface area (Å²) < 4.78 is 5.36. The molecule has 1 aliphatic carbocycles. The van der Waals surface area contributed by atoms with Crippen molar-refractivity contribution >= 4 is 39.4 Å². The maximum absolute atomic E-state index is 4.98. The van der Waals surface area contributed by atoms with Crippen molar-refractivity contribution in [2.24, 2.45) is 0 Å². The van der Waals surface area contributed by atoms with Crippen LogP contribution in [0.3, 0.4) is 0 Å². The third kappa shape index (κ3) is 5.99. The van der Waals surface area contributed by atoms with Gasteiger partial charge in [-0.25, -0.2) is 14.3 Å². The molecule has 3 aromatic heterocycles. The molecule has 6 nitrogen and oxygen atoms in total. The Balaban J connectivity index is 1.06. The van der Waals surface area contributed by atoms with Crippen LogP contribution in [-0.4, -0.2) is 24.5 Å². The molecule has 0 saturated heterocycles. The first-order chi connectivity index (χ1) is 24.7.